The first-order valence-corrected chi connectivity index (χ1v) is 4.44. The third-order valence-corrected chi connectivity index (χ3v) is 2.15. The van der Waals surface area contributed by atoms with Crippen molar-refractivity contribution >= 4 is 5.65 Å². The number of hydrogen-bond donors (Lipinski definition) is 0. The fraction of sp³-hybridized carbons (Fsp3) is 0.333. The van der Waals surface area contributed by atoms with Gasteiger partial charge >= 0.3 is 0 Å². The van der Waals surface area contributed by atoms with E-state index >= 15 is 0 Å². The van der Waals surface area contributed by atoms with Gasteiger partial charge in [-0.15, -0.1) is 0 Å². The van der Waals surface area contributed by atoms with Gasteiger partial charge in [-0.05, 0) is 13.0 Å². The summed E-state index contributed by atoms with van der Waals surface area (Å²) in [7, 11) is 0. The van der Waals surface area contributed by atoms with Crippen molar-refractivity contribution in [1.82, 2.24) is 14.6 Å². The Labute approximate surface area is 80.3 Å². The summed E-state index contributed by atoms with van der Waals surface area (Å²) in [5, 5.41) is 4.05. The molecule has 0 atom stereocenters. The third-order valence-electron chi connectivity index (χ3n) is 2.15. The van der Waals surface area contributed by atoms with Crippen LogP contribution >= 0.6 is 0 Å². The number of nitrogens with zero attached hydrogens (tertiary/aromatic N) is 3. The fourth-order valence-electron chi connectivity index (χ4n) is 1.46. The molecule has 0 unspecified atom stereocenters. The number of rotatable bonds is 1. The van der Waals surface area contributed by atoms with Crippen LogP contribution in [0.3, 0.4) is 0 Å². The molecule has 3 heterocycles. The lowest BCUT2D eigenvalue weighted by atomic mass is 10.3. The van der Waals surface area contributed by atoms with Crippen LogP contribution < -0.4 is 0 Å². The average Bonchev–Trinajstić information content (AvgIpc) is 2.59. The first-order chi connectivity index (χ1) is 6.83. The summed E-state index contributed by atoms with van der Waals surface area (Å²) in [6, 6.07) is 3.68. The molecule has 1 aliphatic rings. The molecule has 0 saturated carbocycles. The summed E-state index contributed by atoms with van der Waals surface area (Å²) in [6.45, 7) is 1.86. The lowest BCUT2D eigenvalue weighted by Crippen LogP contribution is -2.32. The van der Waals surface area contributed by atoms with Crippen LogP contribution in [0.5, 0.6) is 0 Å². The minimum absolute atomic E-state index is 0.122. The van der Waals surface area contributed by atoms with Crippen molar-refractivity contribution in [3.05, 3.63) is 30.2 Å². The first kappa shape index (κ1) is 7.90. The largest absolute Gasteiger partial charge is 0.318 e. The molecule has 0 N–H and O–H groups in total. The molecule has 0 aromatic carbocycles. The molecule has 0 aliphatic carbocycles. The molecule has 5 heteroatoms. The Morgan fingerprint density at radius 2 is 2.21 bits per heavy atom. The van der Waals surface area contributed by atoms with E-state index in [1.165, 1.54) is 0 Å². The highest BCUT2D eigenvalue weighted by molar-refractivity contribution is 5.36. The second-order valence-electron chi connectivity index (χ2n) is 3.16. The standard InChI is InChI=1S/C9H9N3O2/c1-6-13-9(14-6)7-3-5-12-8(11-7)2-4-10-12/h2-6,9H,1H3. The zero-order valence-corrected chi connectivity index (χ0v) is 7.62. The van der Waals surface area contributed by atoms with Gasteiger partial charge in [-0.25, -0.2) is 9.50 Å². The molecule has 0 bridgehead atoms. The van der Waals surface area contributed by atoms with Crippen molar-refractivity contribution in [2.75, 3.05) is 0 Å². The Morgan fingerprint density at radius 3 is 3.00 bits per heavy atom. The van der Waals surface area contributed by atoms with E-state index in [-0.39, 0.29) is 12.6 Å². The number of hydrogen-bond acceptors (Lipinski definition) is 4. The molecule has 72 valence electrons. The van der Waals surface area contributed by atoms with E-state index in [1.54, 1.807) is 10.7 Å². The Bertz CT molecular complexity index is 462. The maximum Gasteiger partial charge on any atom is 0.206 e. The van der Waals surface area contributed by atoms with E-state index in [0.717, 1.165) is 11.3 Å². The topological polar surface area (TPSA) is 48.7 Å². The molecule has 0 spiro atoms. The molecule has 0 radical (unpaired) electrons. The molecular weight excluding hydrogens is 182 g/mol. The maximum absolute atomic E-state index is 5.34. The van der Waals surface area contributed by atoms with Crippen LogP contribution in [0.1, 0.15) is 18.9 Å². The number of fused-ring (bicyclic) bond motifs is 1. The van der Waals surface area contributed by atoms with Crippen LogP contribution in [0.25, 0.3) is 5.65 Å². The van der Waals surface area contributed by atoms with Crippen molar-refractivity contribution in [2.24, 2.45) is 0 Å². The number of ether oxygens (including phenoxy) is 2. The molecule has 1 aliphatic heterocycles. The van der Waals surface area contributed by atoms with Crippen LogP contribution in [0.4, 0.5) is 0 Å². The lowest BCUT2D eigenvalue weighted by molar-refractivity contribution is -0.383. The van der Waals surface area contributed by atoms with Crippen LogP contribution in [0.2, 0.25) is 0 Å². The average molecular weight is 191 g/mol. The molecule has 2 aromatic heterocycles. The zero-order valence-electron chi connectivity index (χ0n) is 7.62. The molecule has 14 heavy (non-hydrogen) atoms. The van der Waals surface area contributed by atoms with Crippen LogP contribution in [0.15, 0.2) is 24.5 Å². The van der Waals surface area contributed by atoms with Crippen LogP contribution in [-0.2, 0) is 9.47 Å². The van der Waals surface area contributed by atoms with Gasteiger partial charge in [-0.2, -0.15) is 5.10 Å². The summed E-state index contributed by atoms with van der Waals surface area (Å²) in [6.07, 6.45) is 3.11. The Balaban J connectivity index is 1.97. The van der Waals surface area contributed by atoms with Gasteiger partial charge < -0.3 is 9.47 Å². The predicted octanol–water partition coefficient (Wildman–Crippen LogP) is 1.12. The van der Waals surface area contributed by atoms with Crippen molar-refractivity contribution in [1.29, 1.82) is 0 Å². The summed E-state index contributed by atoms with van der Waals surface area (Å²) in [4.78, 5) is 4.34. The summed E-state index contributed by atoms with van der Waals surface area (Å²) >= 11 is 0. The van der Waals surface area contributed by atoms with Crippen molar-refractivity contribution in [2.45, 2.75) is 19.5 Å². The normalized spacial score (nSPS) is 26.4. The predicted molar refractivity (Wildman–Crippen MR) is 47.4 cm³/mol. The lowest BCUT2D eigenvalue weighted by Gasteiger charge is -2.32. The van der Waals surface area contributed by atoms with E-state index in [4.69, 9.17) is 9.47 Å². The van der Waals surface area contributed by atoms with Gasteiger partial charge in [0, 0.05) is 12.3 Å². The van der Waals surface area contributed by atoms with E-state index in [0.29, 0.717) is 0 Å². The van der Waals surface area contributed by atoms with Gasteiger partial charge in [-0.3, -0.25) is 0 Å². The second kappa shape index (κ2) is 2.76. The summed E-state index contributed by atoms with van der Waals surface area (Å²) < 4.78 is 12.4. The van der Waals surface area contributed by atoms with Gasteiger partial charge in [0.25, 0.3) is 0 Å². The molecule has 3 rings (SSSR count). The van der Waals surface area contributed by atoms with E-state index < -0.39 is 0 Å². The Morgan fingerprint density at radius 1 is 1.36 bits per heavy atom. The highest BCUT2D eigenvalue weighted by Crippen LogP contribution is 2.29. The summed E-state index contributed by atoms with van der Waals surface area (Å²) in [5.41, 5.74) is 1.59. The van der Waals surface area contributed by atoms with Crippen LogP contribution in [0, 0.1) is 0 Å². The minimum Gasteiger partial charge on any atom is -0.318 e. The Hall–Kier alpha value is -1.46. The van der Waals surface area contributed by atoms with Gasteiger partial charge in [0.1, 0.15) is 5.69 Å². The van der Waals surface area contributed by atoms with Gasteiger partial charge in [0.15, 0.2) is 11.9 Å². The van der Waals surface area contributed by atoms with E-state index in [1.807, 2.05) is 25.3 Å². The van der Waals surface area contributed by atoms with E-state index in [9.17, 15) is 0 Å². The fourth-order valence-corrected chi connectivity index (χ4v) is 1.46. The monoisotopic (exact) mass is 191 g/mol. The summed E-state index contributed by atoms with van der Waals surface area (Å²) in [5.74, 6) is 0. The van der Waals surface area contributed by atoms with Crippen LogP contribution in [-0.4, -0.2) is 20.9 Å². The van der Waals surface area contributed by atoms with Crippen molar-refractivity contribution in [3.8, 4) is 0 Å². The molecular formula is C9H9N3O2. The molecule has 1 saturated heterocycles. The second-order valence-corrected chi connectivity index (χ2v) is 3.16. The zero-order chi connectivity index (χ0) is 9.54. The highest BCUT2D eigenvalue weighted by Gasteiger charge is 2.29. The molecule has 2 aromatic rings. The highest BCUT2D eigenvalue weighted by atomic mass is 16.9. The van der Waals surface area contributed by atoms with Gasteiger partial charge in [-0.1, -0.05) is 0 Å². The quantitative estimate of drug-likeness (QED) is 0.677. The smallest absolute Gasteiger partial charge is 0.206 e. The first-order valence-electron chi connectivity index (χ1n) is 4.44. The molecule has 0 amide bonds. The number of aromatic nitrogens is 3. The minimum atomic E-state index is -0.315. The van der Waals surface area contributed by atoms with Crippen molar-refractivity contribution in [3.63, 3.8) is 0 Å². The Kier molecular flexibility index (Phi) is 1.56. The van der Waals surface area contributed by atoms with E-state index in [2.05, 4.69) is 10.1 Å². The third kappa shape index (κ3) is 1.10. The maximum atomic E-state index is 5.34. The molecule has 1 fully saturated rings. The van der Waals surface area contributed by atoms with Gasteiger partial charge in [0.2, 0.25) is 6.29 Å². The van der Waals surface area contributed by atoms with Gasteiger partial charge in [0.05, 0.1) is 6.20 Å². The van der Waals surface area contributed by atoms with Crippen molar-refractivity contribution < 1.29 is 9.47 Å². The SMILES string of the molecule is CC1OC(c2ccn3nccc3n2)O1. The molecule has 5 nitrogen and oxygen atoms in total.